The number of aromatic hydroxyl groups is 2. The SMILES string of the molecule is C=CCc1ccc(O)c(OC)c1.Cc1ccccc1O. The fourth-order valence-corrected chi connectivity index (χ4v) is 1.58. The Balaban J connectivity index is 0.000000217. The van der Waals surface area contributed by atoms with Gasteiger partial charge in [0.15, 0.2) is 11.5 Å². The molecule has 2 aromatic carbocycles. The predicted octanol–water partition coefficient (Wildman–Crippen LogP) is 3.83. The highest BCUT2D eigenvalue weighted by Crippen LogP contribution is 2.26. The molecule has 2 N–H and O–H groups in total. The van der Waals surface area contributed by atoms with Crippen LogP contribution in [0.3, 0.4) is 0 Å². The monoisotopic (exact) mass is 272 g/mol. The van der Waals surface area contributed by atoms with Crippen molar-refractivity contribution in [3.05, 3.63) is 66.2 Å². The zero-order valence-corrected chi connectivity index (χ0v) is 11.8. The number of hydrogen-bond donors (Lipinski definition) is 2. The molecule has 0 amide bonds. The molecule has 0 bridgehead atoms. The first-order valence-corrected chi connectivity index (χ1v) is 6.30. The Hall–Kier alpha value is -2.42. The third-order valence-electron chi connectivity index (χ3n) is 2.74. The van der Waals surface area contributed by atoms with E-state index < -0.39 is 0 Å². The van der Waals surface area contributed by atoms with Gasteiger partial charge in [0.05, 0.1) is 7.11 Å². The molecule has 2 aromatic rings. The molecule has 0 aliphatic rings. The molecule has 0 saturated carbocycles. The molecule has 3 heteroatoms. The lowest BCUT2D eigenvalue weighted by atomic mass is 10.1. The van der Waals surface area contributed by atoms with Crippen molar-refractivity contribution >= 4 is 0 Å². The Morgan fingerprint density at radius 3 is 2.30 bits per heavy atom. The smallest absolute Gasteiger partial charge is 0.160 e. The normalized spacial score (nSPS) is 9.30. The van der Waals surface area contributed by atoms with Crippen LogP contribution in [0, 0.1) is 6.92 Å². The fourth-order valence-electron chi connectivity index (χ4n) is 1.58. The van der Waals surface area contributed by atoms with Crippen LogP contribution in [0.1, 0.15) is 11.1 Å². The molecule has 0 aliphatic heterocycles. The molecule has 0 unspecified atom stereocenters. The van der Waals surface area contributed by atoms with E-state index in [1.165, 1.54) is 7.11 Å². The molecule has 0 aromatic heterocycles. The Kier molecular flexibility index (Phi) is 6.17. The molecule has 0 radical (unpaired) electrons. The number of aryl methyl sites for hydroxylation is 1. The van der Waals surface area contributed by atoms with Crippen LogP contribution in [0.25, 0.3) is 0 Å². The van der Waals surface area contributed by atoms with E-state index in [0.717, 1.165) is 17.5 Å². The third-order valence-corrected chi connectivity index (χ3v) is 2.74. The van der Waals surface area contributed by atoms with Crippen molar-refractivity contribution in [2.45, 2.75) is 13.3 Å². The van der Waals surface area contributed by atoms with Gasteiger partial charge in [0.2, 0.25) is 0 Å². The molecule has 0 atom stereocenters. The van der Waals surface area contributed by atoms with Gasteiger partial charge in [0.1, 0.15) is 5.75 Å². The molecular formula is C17H20O3. The van der Waals surface area contributed by atoms with Gasteiger partial charge in [-0.2, -0.15) is 0 Å². The van der Waals surface area contributed by atoms with Crippen molar-refractivity contribution < 1.29 is 14.9 Å². The predicted molar refractivity (Wildman–Crippen MR) is 81.4 cm³/mol. The number of ether oxygens (including phenoxy) is 1. The van der Waals surface area contributed by atoms with Crippen molar-refractivity contribution in [3.8, 4) is 17.2 Å². The second-order valence-corrected chi connectivity index (χ2v) is 4.29. The molecule has 2 rings (SSSR count). The highest BCUT2D eigenvalue weighted by molar-refractivity contribution is 5.42. The maximum Gasteiger partial charge on any atom is 0.160 e. The first-order valence-electron chi connectivity index (χ1n) is 6.30. The zero-order chi connectivity index (χ0) is 15.0. The van der Waals surface area contributed by atoms with Crippen LogP contribution in [0.5, 0.6) is 17.2 Å². The Morgan fingerprint density at radius 2 is 1.80 bits per heavy atom. The number of rotatable bonds is 3. The molecule has 106 valence electrons. The van der Waals surface area contributed by atoms with Crippen LogP contribution < -0.4 is 4.74 Å². The second kappa shape index (κ2) is 7.89. The van der Waals surface area contributed by atoms with Gasteiger partial charge in [-0.15, -0.1) is 6.58 Å². The van der Waals surface area contributed by atoms with Crippen molar-refractivity contribution in [2.75, 3.05) is 7.11 Å². The van der Waals surface area contributed by atoms with Crippen LogP contribution >= 0.6 is 0 Å². The minimum atomic E-state index is 0.172. The quantitative estimate of drug-likeness (QED) is 0.835. The highest BCUT2D eigenvalue weighted by Gasteiger charge is 2.00. The van der Waals surface area contributed by atoms with E-state index in [2.05, 4.69) is 6.58 Å². The van der Waals surface area contributed by atoms with Crippen LogP contribution in [-0.2, 0) is 6.42 Å². The van der Waals surface area contributed by atoms with Gasteiger partial charge < -0.3 is 14.9 Å². The fraction of sp³-hybridized carbons (Fsp3) is 0.176. The lowest BCUT2D eigenvalue weighted by Crippen LogP contribution is -1.86. The average Bonchev–Trinajstić information content (AvgIpc) is 2.45. The zero-order valence-electron chi connectivity index (χ0n) is 11.8. The summed E-state index contributed by atoms with van der Waals surface area (Å²) in [4.78, 5) is 0. The summed E-state index contributed by atoms with van der Waals surface area (Å²) in [5.74, 6) is 1.05. The summed E-state index contributed by atoms with van der Waals surface area (Å²) in [7, 11) is 1.53. The van der Waals surface area contributed by atoms with Gasteiger partial charge in [0, 0.05) is 0 Å². The summed E-state index contributed by atoms with van der Waals surface area (Å²) < 4.78 is 4.95. The maximum absolute atomic E-state index is 9.25. The summed E-state index contributed by atoms with van der Waals surface area (Å²) in [5.41, 5.74) is 2.01. The Bertz CT molecular complexity index is 541. The number of hydrogen-bond acceptors (Lipinski definition) is 3. The largest absolute Gasteiger partial charge is 0.508 e. The number of allylic oxidation sites excluding steroid dienone is 1. The van der Waals surface area contributed by atoms with Gasteiger partial charge in [-0.3, -0.25) is 0 Å². The van der Waals surface area contributed by atoms with Crippen molar-refractivity contribution in [2.24, 2.45) is 0 Å². The van der Waals surface area contributed by atoms with Gasteiger partial charge >= 0.3 is 0 Å². The number of methoxy groups -OCH3 is 1. The number of benzene rings is 2. The number of para-hydroxylation sites is 1. The van der Waals surface area contributed by atoms with Crippen molar-refractivity contribution in [3.63, 3.8) is 0 Å². The van der Waals surface area contributed by atoms with Crippen LogP contribution in [0.15, 0.2) is 55.1 Å². The van der Waals surface area contributed by atoms with E-state index >= 15 is 0 Å². The molecule has 0 fully saturated rings. The summed E-state index contributed by atoms with van der Waals surface area (Å²) >= 11 is 0. The lowest BCUT2D eigenvalue weighted by molar-refractivity contribution is 0.373. The highest BCUT2D eigenvalue weighted by atomic mass is 16.5. The molecule has 0 aliphatic carbocycles. The Labute approximate surface area is 119 Å². The minimum absolute atomic E-state index is 0.172. The molecule has 3 nitrogen and oxygen atoms in total. The summed E-state index contributed by atoms with van der Waals surface area (Å²) in [6, 6.07) is 12.5. The van der Waals surface area contributed by atoms with Gasteiger partial charge in [-0.05, 0) is 42.7 Å². The van der Waals surface area contributed by atoms with E-state index in [9.17, 15) is 5.11 Å². The number of phenolic OH excluding ortho intramolecular Hbond substituents is 2. The molecule has 0 heterocycles. The van der Waals surface area contributed by atoms with Crippen molar-refractivity contribution in [1.29, 1.82) is 0 Å². The first kappa shape index (κ1) is 15.6. The number of phenols is 2. The van der Waals surface area contributed by atoms with Crippen LogP contribution in [-0.4, -0.2) is 17.3 Å². The Morgan fingerprint density at radius 1 is 1.10 bits per heavy atom. The summed E-state index contributed by atoms with van der Waals surface area (Å²) in [6.45, 7) is 5.50. The van der Waals surface area contributed by atoms with Crippen LogP contribution in [0.4, 0.5) is 0 Å². The van der Waals surface area contributed by atoms with Gasteiger partial charge in [0.25, 0.3) is 0 Å². The van der Waals surface area contributed by atoms with E-state index in [-0.39, 0.29) is 5.75 Å². The van der Waals surface area contributed by atoms with E-state index in [1.807, 2.05) is 37.3 Å². The van der Waals surface area contributed by atoms with Gasteiger partial charge in [-0.1, -0.05) is 30.3 Å². The molecular weight excluding hydrogens is 252 g/mol. The van der Waals surface area contributed by atoms with E-state index in [0.29, 0.717) is 11.5 Å². The maximum atomic E-state index is 9.25. The van der Waals surface area contributed by atoms with E-state index in [1.54, 1.807) is 18.2 Å². The topological polar surface area (TPSA) is 49.7 Å². The van der Waals surface area contributed by atoms with E-state index in [4.69, 9.17) is 9.84 Å². The molecule has 0 saturated heterocycles. The minimum Gasteiger partial charge on any atom is -0.508 e. The van der Waals surface area contributed by atoms with Crippen molar-refractivity contribution in [1.82, 2.24) is 0 Å². The molecule has 0 spiro atoms. The summed E-state index contributed by atoms with van der Waals surface area (Å²) in [6.07, 6.45) is 2.60. The second-order valence-electron chi connectivity index (χ2n) is 4.29. The average molecular weight is 272 g/mol. The molecule has 20 heavy (non-hydrogen) atoms. The lowest BCUT2D eigenvalue weighted by Gasteiger charge is -2.04. The standard InChI is InChI=1S/C10H12O2.C7H8O/c1-3-4-8-5-6-9(11)10(7-8)12-2;1-6-4-2-3-5-7(6)8/h3,5-7,11H,1,4H2,2H3;2-5,8H,1H3. The first-order chi connectivity index (χ1) is 9.58. The summed E-state index contributed by atoms with van der Waals surface area (Å²) in [5, 5.41) is 18.2. The van der Waals surface area contributed by atoms with Gasteiger partial charge in [-0.25, -0.2) is 0 Å². The third kappa shape index (κ3) is 4.69. The van der Waals surface area contributed by atoms with Crippen LogP contribution in [0.2, 0.25) is 0 Å².